The number of rotatable bonds is 9. The zero-order valence-electron chi connectivity index (χ0n) is 16.8. The lowest BCUT2D eigenvalue weighted by molar-refractivity contribution is -0.127. The van der Waals surface area contributed by atoms with Crippen LogP contribution < -0.4 is 19.5 Å². The SMILES string of the molecule is COc1ccc(CCCNC(=O)C(C)Oc2cc(C)ccc2C)cc1OC. The van der Waals surface area contributed by atoms with Crippen LogP contribution in [0.3, 0.4) is 0 Å². The van der Waals surface area contributed by atoms with Gasteiger partial charge in [0.1, 0.15) is 5.75 Å². The van der Waals surface area contributed by atoms with Gasteiger partial charge in [0.05, 0.1) is 14.2 Å². The smallest absolute Gasteiger partial charge is 0.260 e. The lowest BCUT2D eigenvalue weighted by Gasteiger charge is -2.17. The minimum absolute atomic E-state index is 0.108. The van der Waals surface area contributed by atoms with E-state index in [0.29, 0.717) is 12.3 Å². The van der Waals surface area contributed by atoms with Crippen LogP contribution in [0.1, 0.15) is 30.0 Å². The summed E-state index contributed by atoms with van der Waals surface area (Å²) in [7, 11) is 3.24. The molecule has 2 rings (SSSR count). The second-order valence-electron chi connectivity index (χ2n) is 6.61. The third-order valence-electron chi connectivity index (χ3n) is 4.41. The third kappa shape index (κ3) is 5.91. The first kappa shape index (κ1) is 20.6. The van der Waals surface area contributed by atoms with Gasteiger partial charge in [-0.1, -0.05) is 18.2 Å². The van der Waals surface area contributed by atoms with Crippen LogP contribution in [0, 0.1) is 13.8 Å². The minimum Gasteiger partial charge on any atom is -0.493 e. The van der Waals surface area contributed by atoms with Crippen LogP contribution in [0.25, 0.3) is 0 Å². The van der Waals surface area contributed by atoms with Crippen LogP contribution in [0.2, 0.25) is 0 Å². The molecular weight excluding hydrogens is 342 g/mol. The first-order valence-corrected chi connectivity index (χ1v) is 9.17. The predicted molar refractivity (Wildman–Crippen MR) is 107 cm³/mol. The molecule has 0 aliphatic heterocycles. The highest BCUT2D eigenvalue weighted by molar-refractivity contribution is 5.80. The Morgan fingerprint density at radius 1 is 1.00 bits per heavy atom. The molecule has 0 aromatic heterocycles. The molecule has 0 saturated heterocycles. The highest BCUT2D eigenvalue weighted by Gasteiger charge is 2.15. The van der Waals surface area contributed by atoms with Crippen molar-refractivity contribution in [3.8, 4) is 17.2 Å². The van der Waals surface area contributed by atoms with Gasteiger partial charge in [0.15, 0.2) is 17.6 Å². The zero-order chi connectivity index (χ0) is 19.8. The highest BCUT2D eigenvalue weighted by Crippen LogP contribution is 2.27. The van der Waals surface area contributed by atoms with Crippen LogP contribution in [0.5, 0.6) is 17.2 Å². The van der Waals surface area contributed by atoms with Crippen LogP contribution >= 0.6 is 0 Å². The van der Waals surface area contributed by atoms with E-state index in [1.807, 2.05) is 50.2 Å². The van der Waals surface area contributed by atoms with Crippen molar-refractivity contribution in [2.45, 2.75) is 39.7 Å². The van der Waals surface area contributed by atoms with E-state index in [-0.39, 0.29) is 5.91 Å². The molecule has 0 saturated carbocycles. The van der Waals surface area contributed by atoms with Crippen LogP contribution in [0.15, 0.2) is 36.4 Å². The van der Waals surface area contributed by atoms with Crippen molar-refractivity contribution < 1.29 is 19.0 Å². The van der Waals surface area contributed by atoms with Gasteiger partial charge in [0.2, 0.25) is 0 Å². The number of methoxy groups -OCH3 is 2. The second-order valence-corrected chi connectivity index (χ2v) is 6.61. The van der Waals surface area contributed by atoms with E-state index in [2.05, 4.69) is 5.32 Å². The molecule has 1 unspecified atom stereocenters. The maximum absolute atomic E-state index is 12.3. The molecule has 0 bridgehead atoms. The minimum atomic E-state index is -0.536. The highest BCUT2D eigenvalue weighted by atomic mass is 16.5. The summed E-state index contributed by atoms with van der Waals surface area (Å²) in [6.07, 6.45) is 1.14. The molecule has 0 aliphatic rings. The summed E-state index contributed by atoms with van der Waals surface area (Å²) in [5.41, 5.74) is 3.27. The molecule has 1 atom stereocenters. The van der Waals surface area contributed by atoms with Crippen molar-refractivity contribution in [1.82, 2.24) is 5.32 Å². The summed E-state index contributed by atoms with van der Waals surface area (Å²) in [6.45, 7) is 6.34. The molecule has 1 amide bonds. The molecule has 5 nitrogen and oxygen atoms in total. The average Bonchev–Trinajstić information content (AvgIpc) is 2.67. The molecule has 0 radical (unpaired) electrons. The first-order chi connectivity index (χ1) is 12.9. The van der Waals surface area contributed by atoms with Crippen molar-refractivity contribution in [2.75, 3.05) is 20.8 Å². The van der Waals surface area contributed by atoms with Gasteiger partial charge in [-0.15, -0.1) is 0 Å². The quantitative estimate of drug-likeness (QED) is 0.681. The van der Waals surface area contributed by atoms with Gasteiger partial charge >= 0.3 is 0 Å². The summed E-state index contributed by atoms with van der Waals surface area (Å²) in [5.74, 6) is 2.08. The lowest BCUT2D eigenvalue weighted by Crippen LogP contribution is -2.37. The number of hydrogen-bond donors (Lipinski definition) is 1. The summed E-state index contributed by atoms with van der Waals surface area (Å²) in [4.78, 5) is 12.3. The van der Waals surface area contributed by atoms with Gasteiger partial charge in [-0.05, 0) is 68.5 Å². The molecule has 0 spiro atoms. The van der Waals surface area contributed by atoms with Crippen molar-refractivity contribution >= 4 is 5.91 Å². The Labute approximate surface area is 161 Å². The maximum atomic E-state index is 12.3. The standard InChI is InChI=1S/C22H29NO4/c1-15-8-9-16(2)20(13-15)27-17(3)22(24)23-12-6-7-18-10-11-19(25-4)21(14-18)26-5/h8-11,13-14,17H,6-7,12H2,1-5H3,(H,23,24). The van der Waals surface area contributed by atoms with Crippen molar-refractivity contribution in [3.05, 3.63) is 53.1 Å². The Bertz CT molecular complexity index is 773. The summed E-state index contributed by atoms with van der Waals surface area (Å²) in [5, 5.41) is 2.94. The van der Waals surface area contributed by atoms with Crippen LogP contribution in [-0.4, -0.2) is 32.8 Å². The van der Waals surface area contributed by atoms with Gasteiger partial charge in [-0.2, -0.15) is 0 Å². The number of amides is 1. The van der Waals surface area contributed by atoms with E-state index >= 15 is 0 Å². The number of benzene rings is 2. The van der Waals surface area contributed by atoms with E-state index in [4.69, 9.17) is 14.2 Å². The van der Waals surface area contributed by atoms with Gasteiger partial charge in [-0.25, -0.2) is 0 Å². The topological polar surface area (TPSA) is 56.8 Å². The molecule has 2 aromatic carbocycles. The number of hydrogen-bond acceptors (Lipinski definition) is 4. The molecular formula is C22H29NO4. The Balaban J connectivity index is 1.79. The largest absolute Gasteiger partial charge is 0.493 e. The Hall–Kier alpha value is -2.69. The molecule has 5 heteroatoms. The fraction of sp³-hybridized carbons (Fsp3) is 0.409. The number of ether oxygens (including phenoxy) is 3. The molecule has 0 aliphatic carbocycles. The molecule has 0 fully saturated rings. The maximum Gasteiger partial charge on any atom is 0.260 e. The summed E-state index contributed by atoms with van der Waals surface area (Å²) < 4.78 is 16.4. The monoisotopic (exact) mass is 371 g/mol. The van der Waals surface area contributed by atoms with E-state index < -0.39 is 6.10 Å². The van der Waals surface area contributed by atoms with Crippen molar-refractivity contribution in [2.24, 2.45) is 0 Å². The van der Waals surface area contributed by atoms with E-state index in [1.165, 1.54) is 0 Å². The second kappa shape index (κ2) is 9.86. The number of carbonyl (C=O) groups is 1. The van der Waals surface area contributed by atoms with E-state index in [0.717, 1.165) is 41.0 Å². The van der Waals surface area contributed by atoms with Crippen LogP contribution in [0.4, 0.5) is 0 Å². The number of aryl methyl sites for hydroxylation is 3. The lowest BCUT2D eigenvalue weighted by atomic mass is 10.1. The molecule has 146 valence electrons. The molecule has 27 heavy (non-hydrogen) atoms. The fourth-order valence-electron chi connectivity index (χ4n) is 2.76. The molecule has 1 N–H and O–H groups in total. The van der Waals surface area contributed by atoms with Gasteiger partial charge < -0.3 is 19.5 Å². The third-order valence-corrected chi connectivity index (χ3v) is 4.41. The zero-order valence-corrected chi connectivity index (χ0v) is 16.8. The van der Waals surface area contributed by atoms with Crippen molar-refractivity contribution in [3.63, 3.8) is 0 Å². The van der Waals surface area contributed by atoms with Crippen molar-refractivity contribution in [1.29, 1.82) is 0 Å². The summed E-state index contributed by atoms with van der Waals surface area (Å²) in [6, 6.07) is 11.9. The number of carbonyl (C=O) groups excluding carboxylic acids is 1. The Kier molecular flexibility index (Phi) is 7.53. The molecule has 0 heterocycles. The van der Waals surface area contributed by atoms with E-state index in [9.17, 15) is 4.79 Å². The molecule has 2 aromatic rings. The normalized spacial score (nSPS) is 11.6. The Morgan fingerprint density at radius 2 is 1.74 bits per heavy atom. The fourth-order valence-corrected chi connectivity index (χ4v) is 2.76. The number of nitrogens with one attached hydrogen (secondary N) is 1. The summed E-state index contributed by atoms with van der Waals surface area (Å²) >= 11 is 0. The predicted octanol–water partition coefficient (Wildman–Crippen LogP) is 3.84. The Morgan fingerprint density at radius 3 is 2.44 bits per heavy atom. The first-order valence-electron chi connectivity index (χ1n) is 9.17. The average molecular weight is 371 g/mol. The van der Waals surface area contributed by atoms with Crippen LogP contribution in [-0.2, 0) is 11.2 Å². The van der Waals surface area contributed by atoms with Gasteiger partial charge in [-0.3, -0.25) is 4.79 Å². The van der Waals surface area contributed by atoms with Gasteiger partial charge in [0.25, 0.3) is 5.91 Å². The van der Waals surface area contributed by atoms with Gasteiger partial charge in [0, 0.05) is 6.54 Å². The van der Waals surface area contributed by atoms with E-state index in [1.54, 1.807) is 21.1 Å².